The van der Waals surface area contributed by atoms with Crippen LogP contribution in [-0.2, 0) is 0 Å². The fraction of sp³-hybridized carbons (Fsp3) is 0.500. The molecule has 0 saturated carbocycles. The third-order valence-electron chi connectivity index (χ3n) is 3.26. The number of guanidine groups is 1. The van der Waals surface area contributed by atoms with Gasteiger partial charge in [-0.3, -0.25) is 0 Å². The highest BCUT2D eigenvalue weighted by Crippen LogP contribution is 2.18. The smallest absolute Gasteiger partial charge is 0.193 e. The van der Waals surface area contributed by atoms with Gasteiger partial charge in [-0.2, -0.15) is 0 Å². The van der Waals surface area contributed by atoms with Crippen LogP contribution in [0.2, 0.25) is 0 Å². The lowest BCUT2D eigenvalue weighted by Crippen LogP contribution is -2.39. The molecular weight excluding hydrogens is 290 g/mol. The van der Waals surface area contributed by atoms with Crippen molar-refractivity contribution in [2.45, 2.75) is 19.8 Å². The molecule has 0 unspecified atom stereocenters. The molecule has 128 valence electrons. The molecule has 23 heavy (non-hydrogen) atoms. The van der Waals surface area contributed by atoms with Gasteiger partial charge >= 0.3 is 0 Å². The summed E-state index contributed by atoms with van der Waals surface area (Å²) in [6.45, 7) is 8.75. The van der Waals surface area contributed by atoms with Crippen molar-refractivity contribution in [1.29, 1.82) is 0 Å². The third kappa shape index (κ3) is 7.58. The van der Waals surface area contributed by atoms with Crippen molar-refractivity contribution in [3.8, 4) is 11.5 Å². The second kappa shape index (κ2) is 11.4. The maximum absolute atomic E-state index is 5.71. The van der Waals surface area contributed by atoms with Gasteiger partial charge in [-0.05, 0) is 31.9 Å². The lowest BCUT2D eigenvalue weighted by Gasteiger charge is -2.21. The van der Waals surface area contributed by atoms with Gasteiger partial charge in [-0.25, -0.2) is 4.99 Å². The molecule has 0 spiro atoms. The molecule has 1 N–H and O–H groups in total. The van der Waals surface area contributed by atoms with Crippen molar-refractivity contribution in [3.05, 3.63) is 36.9 Å². The predicted molar refractivity (Wildman–Crippen MR) is 96.5 cm³/mol. The van der Waals surface area contributed by atoms with E-state index < -0.39 is 0 Å². The molecule has 1 rings (SSSR count). The molecule has 0 bridgehead atoms. The summed E-state index contributed by atoms with van der Waals surface area (Å²) in [5.74, 6) is 2.50. The lowest BCUT2D eigenvalue weighted by molar-refractivity contribution is 0.324. The molecule has 0 fully saturated rings. The Bertz CT molecular complexity index is 489. The van der Waals surface area contributed by atoms with E-state index in [1.165, 1.54) is 0 Å². The lowest BCUT2D eigenvalue weighted by atomic mass is 10.3. The Kier molecular flexibility index (Phi) is 9.36. The number of rotatable bonds is 10. The standard InChI is InChI=1S/C18H29N3O2/c1-5-7-8-13-21(3)18(19-6-2)20-12-14-23-17-11-9-10-16(15-17)22-4/h5,9-11,15H,1,6-8,12-14H2,2-4H3,(H,19,20). The second-order valence-corrected chi connectivity index (χ2v) is 5.12. The minimum absolute atomic E-state index is 0.530. The van der Waals surface area contributed by atoms with Crippen LogP contribution < -0.4 is 14.8 Å². The van der Waals surface area contributed by atoms with Gasteiger partial charge in [0, 0.05) is 26.2 Å². The third-order valence-corrected chi connectivity index (χ3v) is 3.26. The van der Waals surface area contributed by atoms with Crippen LogP contribution in [0, 0.1) is 0 Å². The van der Waals surface area contributed by atoms with Crippen LogP contribution in [0.1, 0.15) is 19.8 Å². The number of aliphatic imine (C=N–C) groups is 1. The zero-order valence-corrected chi connectivity index (χ0v) is 14.5. The molecule has 0 amide bonds. The number of benzene rings is 1. The largest absolute Gasteiger partial charge is 0.497 e. The summed E-state index contributed by atoms with van der Waals surface area (Å²) in [5.41, 5.74) is 0. The van der Waals surface area contributed by atoms with Gasteiger partial charge in [0.1, 0.15) is 18.1 Å². The van der Waals surface area contributed by atoms with E-state index in [9.17, 15) is 0 Å². The molecular formula is C18H29N3O2. The highest BCUT2D eigenvalue weighted by Gasteiger charge is 2.04. The average Bonchev–Trinajstić information content (AvgIpc) is 2.58. The van der Waals surface area contributed by atoms with Crippen LogP contribution in [0.4, 0.5) is 0 Å². The van der Waals surface area contributed by atoms with E-state index in [1.807, 2.05) is 37.4 Å². The van der Waals surface area contributed by atoms with E-state index in [0.717, 1.165) is 43.4 Å². The van der Waals surface area contributed by atoms with Crippen molar-refractivity contribution in [2.75, 3.05) is 40.4 Å². The molecule has 0 aliphatic heterocycles. The Morgan fingerprint density at radius 1 is 1.39 bits per heavy atom. The summed E-state index contributed by atoms with van der Waals surface area (Å²) < 4.78 is 10.9. The van der Waals surface area contributed by atoms with Crippen LogP contribution in [0.5, 0.6) is 11.5 Å². The minimum atomic E-state index is 0.530. The van der Waals surface area contributed by atoms with Crippen LogP contribution >= 0.6 is 0 Å². The number of hydrogen-bond donors (Lipinski definition) is 1. The zero-order valence-electron chi connectivity index (χ0n) is 14.5. The van der Waals surface area contributed by atoms with Gasteiger partial charge < -0.3 is 19.7 Å². The zero-order chi connectivity index (χ0) is 16.9. The molecule has 5 heteroatoms. The van der Waals surface area contributed by atoms with Gasteiger partial charge in [0.05, 0.1) is 13.7 Å². The number of allylic oxidation sites excluding steroid dienone is 1. The molecule has 0 atom stereocenters. The molecule has 1 aromatic rings. The molecule has 0 aliphatic rings. The number of nitrogens with one attached hydrogen (secondary N) is 1. The van der Waals surface area contributed by atoms with Crippen LogP contribution in [0.3, 0.4) is 0 Å². The van der Waals surface area contributed by atoms with E-state index in [0.29, 0.717) is 13.2 Å². The fourth-order valence-corrected chi connectivity index (χ4v) is 2.05. The maximum atomic E-state index is 5.71. The van der Waals surface area contributed by atoms with Gasteiger partial charge in [-0.1, -0.05) is 12.1 Å². The summed E-state index contributed by atoms with van der Waals surface area (Å²) in [7, 11) is 3.70. The molecule has 0 aromatic heterocycles. The van der Waals surface area contributed by atoms with Gasteiger partial charge in [0.25, 0.3) is 0 Å². The van der Waals surface area contributed by atoms with E-state index in [-0.39, 0.29) is 0 Å². The Hall–Kier alpha value is -2.17. The molecule has 1 aromatic carbocycles. The molecule has 0 heterocycles. The predicted octanol–water partition coefficient (Wildman–Crippen LogP) is 2.94. The first-order valence-electron chi connectivity index (χ1n) is 8.08. The number of methoxy groups -OCH3 is 1. The Labute approximate surface area is 140 Å². The second-order valence-electron chi connectivity index (χ2n) is 5.12. The SMILES string of the molecule is C=CCCCN(C)C(=NCCOc1cccc(OC)c1)NCC. The van der Waals surface area contributed by atoms with Crippen molar-refractivity contribution in [2.24, 2.45) is 4.99 Å². The fourth-order valence-electron chi connectivity index (χ4n) is 2.05. The molecule has 5 nitrogen and oxygen atoms in total. The van der Waals surface area contributed by atoms with Crippen LogP contribution in [0.25, 0.3) is 0 Å². The normalized spacial score (nSPS) is 11.0. The van der Waals surface area contributed by atoms with Crippen LogP contribution in [-0.4, -0.2) is 51.3 Å². The van der Waals surface area contributed by atoms with Crippen molar-refractivity contribution in [1.82, 2.24) is 10.2 Å². The highest BCUT2D eigenvalue weighted by molar-refractivity contribution is 5.79. The Morgan fingerprint density at radius 3 is 2.87 bits per heavy atom. The Balaban J connectivity index is 2.45. The summed E-state index contributed by atoms with van der Waals surface area (Å²) in [6, 6.07) is 7.59. The highest BCUT2D eigenvalue weighted by atomic mass is 16.5. The Morgan fingerprint density at radius 2 is 2.17 bits per heavy atom. The summed E-state index contributed by atoms with van der Waals surface area (Å²) in [6.07, 6.45) is 4.04. The summed E-state index contributed by atoms with van der Waals surface area (Å²) in [5, 5.41) is 3.30. The van der Waals surface area contributed by atoms with Gasteiger partial charge in [-0.15, -0.1) is 6.58 Å². The molecule has 0 aliphatic carbocycles. The van der Waals surface area contributed by atoms with Gasteiger partial charge in [0.2, 0.25) is 0 Å². The summed E-state index contributed by atoms with van der Waals surface area (Å²) >= 11 is 0. The summed E-state index contributed by atoms with van der Waals surface area (Å²) in [4.78, 5) is 6.74. The first-order chi connectivity index (χ1) is 11.2. The topological polar surface area (TPSA) is 46.1 Å². The monoisotopic (exact) mass is 319 g/mol. The van der Waals surface area contributed by atoms with Crippen molar-refractivity contribution in [3.63, 3.8) is 0 Å². The maximum Gasteiger partial charge on any atom is 0.193 e. The first kappa shape index (κ1) is 18.9. The van der Waals surface area contributed by atoms with Crippen LogP contribution in [0.15, 0.2) is 41.9 Å². The van der Waals surface area contributed by atoms with E-state index in [2.05, 4.69) is 28.7 Å². The number of nitrogens with zero attached hydrogens (tertiary/aromatic N) is 2. The van der Waals surface area contributed by atoms with E-state index >= 15 is 0 Å². The molecule has 0 saturated heterocycles. The minimum Gasteiger partial charge on any atom is -0.497 e. The van der Waals surface area contributed by atoms with Gasteiger partial charge in [0.15, 0.2) is 5.96 Å². The van der Waals surface area contributed by atoms with E-state index in [1.54, 1.807) is 7.11 Å². The molecule has 0 radical (unpaired) electrons. The number of unbranched alkanes of at least 4 members (excludes halogenated alkanes) is 1. The average molecular weight is 319 g/mol. The van der Waals surface area contributed by atoms with Crippen molar-refractivity contribution < 1.29 is 9.47 Å². The van der Waals surface area contributed by atoms with E-state index in [4.69, 9.17) is 9.47 Å². The number of hydrogen-bond acceptors (Lipinski definition) is 3. The van der Waals surface area contributed by atoms with Crippen molar-refractivity contribution >= 4 is 5.96 Å². The number of ether oxygens (including phenoxy) is 2. The first-order valence-corrected chi connectivity index (χ1v) is 8.08. The quantitative estimate of drug-likeness (QED) is 0.312.